The SMILES string of the molecule is C=CCN1C(=O)/C(=C/c2ccc(OC)cc2OC)SC1=Nc1cccnc1Cl. The van der Waals surface area contributed by atoms with Crippen LogP contribution in [-0.2, 0) is 4.79 Å². The van der Waals surface area contributed by atoms with Crippen LogP contribution in [0.1, 0.15) is 5.56 Å². The number of carbonyl (C=O) groups is 1. The number of methoxy groups -OCH3 is 2. The van der Waals surface area contributed by atoms with Crippen molar-refractivity contribution in [3.8, 4) is 11.5 Å². The van der Waals surface area contributed by atoms with E-state index in [1.54, 1.807) is 55.7 Å². The molecule has 2 heterocycles. The van der Waals surface area contributed by atoms with E-state index >= 15 is 0 Å². The Kier molecular flexibility index (Phi) is 6.38. The molecule has 0 unspecified atom stereocenters. The van der Waals surface area contributed by atoms with Crippen LogP contribution in [0, 0.1) is 0 Å². The summed E-state index contributed by atoms with van der Waals surface area (Å²) in [6, 6.07) is 8.90. The van der Waals surface area contributed by atoms with Crippen LogP contribution in [0.3, 0.4) is 0 Å². The molecule has 0 saturated carbocycles. The molecule has 1 fully saturated rings. The maximum absolute atomic E-state index is 12.9. The van der Waals surface area contributed by atoms with Crippen molar-refractivity contribution in [2.75, 3.05) is 20.8 Å². The van der Waals surface area contributed by atoms with Crippen LogP contribution in [-0.4, -0.2) is 41.7 Å². The minimum Gasteiger partial charge on any atom is -0.497 e. The number of benzene rings is 1. The standard InChI is InChI=1S/C20H18ClN3O3S/c1-4-10-24-19(25)17(11-13-7-8-14(26-2)12-16(13)27-3)28-20(24)23-15-6-5-9-22-18(15)21/h4-9,11-12H,1,10H2,2-3H3/b17-11-,23-20?. The van der Waals surface area contributed by atoms with Gasteiger partial charge in [0.05, 0.1) is 19.1 Å². The minimum absolute atomic E-state index is 0.165. The van der Waals surface area contributed by atoms with Crippen LogP contribution in [0.5, 0.6) is 11.5 Å². The smallest absolute Gasteiger partial charge is 0.267 e. The first kappa shape index (κ1) is 20.0. The molecular formula is C20H18ClN3O3S. The van der Waals surface area contributed by atoms with E-state index in [0.29, 0.717) is 33.8 Å². The number of ether oxygens (including phenoxy) is 2. The van der Waals surface area contributed by atoms with Gasteiger partial charge in [0.15, 0.2) is 10.3 Å². The molecule has 2 aromatic rings. The third-order valence-corrected chi connectivity index (χ3v) is 5.18. The van der Waals surface area contributed by atoms with Gasteiger partial charge < -0.3 is 9.47 Å². The number of aromatic nitrogens is 1. The molecule has 1 aromatic carbocycles. The Bertz CT molecular complexity index is 975. The quantitative estimate of drug-likeness (QED) is 0.393. The van der Waals surface area contributed by atoms with Crippen LogP contribution in [0.15, 0.2) is 59.1 Å². The lowest BCUT2D eigenvalue weighted by molar-refractivity contribution is -0.121. The van der Waals surface area contributed by atoms with Gasteiger partial charge in [-0.3, -0.25) is 9.69 Å². The number of aliphatic imine (C=N–C) groups is 1. The summed E-state index contributed by atoms with van der Waals surface area (Å²) in [4.78, 5) is 23.5. The van der Waals surface area contributed by atoms with Crippen LogP contribution >= 0.6 is 23.4 Å². The number of halogens is 1. The van der Waals surface area contributed by atoms with Crippen LogP contribution in [0.4, 0.5) is 5.69 Å². The van der Waals surface area contributed by atoms with Gasteiger partial charge in [-0.05, 0) is 42.1 Å². The van der Waals surface area contributed by atoms with Crippen LogP contribution in [0.2, 0.25) is 5.15 Å². The highest BCUT2D eigenvalue weighted by Gasteiger charge is 2.33. The molecule has 28 heavy (non-hydrogen) atoms. The van der Waals surface area contributed by atoms with Gasteiger partial charge in [0.2, 0.25) is 0 Å². The van der Waals surface area contributed by atoms with Gasteiger partial charge >= 0.3 is 0 Å². The number of amides is 1. The van der Waals surface area contributed by atoms with E-state index in [-0.39, 0.29) is 11.1 Å². The third kappa shape index (κ3) is 4.21. The molecule has 3 rings (SSSR count). The zero-order valence-electron chi connectivity index (χ0n) is 15.4. The topological polar surface area (TPSA) is 64.0 Å². The number of rotatable bonds is 6. The second kappa shape index (κ2) is 8.95. The zero-order valence-corrected chi connectivity index (χ0v) is 17.0. The molecular weight excluding hydrogens is 398 g/mol. The molecule has 0 bridgehead atoms. The van der Waals surface area contributed by atoms with Gasteiger partial charge in [-0.1, -0.05) is 17.7 Å². The summed E-state index contributed by atoms with van der Waals surface area (Å²) in [6.45, 7) is 4.06. The summed E-state index contributed by atoms with van der Waals surface area (Å²) in [5, 5.41) is 0.786. The average molecular weight is 416 g/mol. The van der Waals surface area contributed by atoms with Crippen molar-refractivity contribution >= 4 is 46.2 Å². The third-order valence-electron chi connectivity index (χ3n) is 3.88. The molecule has 1 saturated heterocycles. The first-order valence-corrected chi connectivity index (χ1v) is 9.50. The molecule has 0 radical (unpaired) electrons. The number of carbonyl (C=O) groups excluding carboxylic acids is 1. The van der Waals surface area contributed by atoms with Crippen molar-refractivity contribution < 1.29 is 14.3 Å². The predicted molar refractivity (Wildman–Crippen MR) is 113 cm³/mol. The highest BCUT2D eigenvalue weighted by Crippen LogP contribution is 2.37. The van der Waals surface area contributed by atoms with E-state index in [2.05, 4.69) is 16.6 Å². The highest BCUT2D eigenvalue weighted by molar-refractivity contribution is 8.18. The summed E-state index contributed by atoms with van der Waals surface area (Å²) < 4.78 is 10.6. The molecule has 1 amide bonds. The van der Waals surface area contributed by atoms with Gasteiger partial charge in [-0.25, -0.2) is 9.98 Å². The maximum Gasteiger partial charge on any atom is 0.267 e. The Hall–Kier alpha value is -2.77. The van der Waals surface area contributed by atoms with E-state index in [0.717, 1.165) is 5.56 Å². The van der Waals surface area contributed by atoms with E-state index in [9.17, 15) is 4.79 Å². The van der Waals surface area contributed by atoms with Gasteiger partial charge in [0.25, 0.3) is 5.91 Å². The zero-order chi connectivity index (χ0) is 20.1. The van der Waals surface area contributed by atoms with Crippen molar-refractivity contribution in [3.63, 3.8) is 0 Å². The van der Waals surface area contributed by atoms with Crippen molar-refractivity contribution in [2.24, 2.45) is 4.99 Å². The molecule has 144 valence electrons. The lowest BCUT2D eigenvalue weighted by Crippen LogP contribution is -2.29. The molecule has 1 aromatic heterocycles. The monoisotopic (exact) mass is 415 g/mol. The molecule has 1 aliphatic heterocycles. The predicted octanol–water partition coefficient (Wildman–Crippen LogP) is 4.54. The summed E-state index contributed by atoms with van der Waals surface area (Å²) in [7, 11) is 3.16. The lowest BCUT2D eigenvalue weighted by Gasteiger charge is -2.12. The number of hydrogen-bond acceptors (Lipinski definition) is 6. The van der Waals surface area contributed by atoms with Crippen molar-refractivity contribution in [1.29, 1.82) is 0 Å². The largest absolute Gasteiger partial charge is 0.497 e. The van der Waals surface area contributed by atoms with Crippen LogP contribution in [0.25, 0.3) is 6.08 Å². The van der Waals surface area contributed by atoms with E-state index < -0.39 is 0 Å². The highest BCUT2D eigenvalue weighted by atomic mass is 35.5. The average Bonchev–Trinajstić information content (AvgIpc) is 2.99. The maximum atomic E-state index is 12.9. The minimum atomic E-state index is -0.165. The normalized spacial score (nSPS) is 16.7. The summed E-state index contributed by atoms with van der Waals surface area (Å²) in [6.07, 6.45) is 5.01. The van der Waals surface area contributed by atoms with E-state index in [1.807, 2.05) is 12.1 Å². The first-order chi connectivity index (χ1) is 13.6. The van der Waals surface area contributed by atoms with Gasteiger partial charge in [0.1, 0.15) is 17.2 Å². The Morgan fingerprint density at radius 1 is 1.32 bits per heavy atom. The molecule has 0 spiro atoms. The van der Waals surface area contributed by atoms with E-state index in [4.69, 9.17) is 21.1 Å². The Morgan fingerprint density at radius 3 is 2.82 bits per heavy atom. The number of thioether (sulfide) groups is 1. The van der Waals surface area contributed by atoms with Gasteiger partial charge in [-0.15, -0.1) is 6.58 Å². The first-order valence-electron chi connectivity index (χ1n) is 8.31. The summed E-state index contributed by atoms with van der Waals surface area (Å²) in [5.41, 5.74) is 1.26. The number of pyridine rings is 1. The molecule has 0 atom stereocenters. The molecule has 8 heteroatoms. The fourth-order valence-corrected chi connectivity index (χ4v) is 3.68. The fraction of sp³-hybridized carbons (Fsp3) is 0.150. The second-order valence-electron chi connectivity index (χ2n) is 5.63. The van der Waals surface area contributed by atoms with Crippen LogP contribution < -0.4 is 9.47 Å². The Labute approximate surface area is 172 Å². The summed E-state index contributed by atoms with van der Waals surface area (Å²) >= 11 is 7.36. The fourth-order valence-electron chi connectivity index (χ4n) is 2.52. The Morgan fingerprint density at radius 2 is 2.14 bits per heavy atom. The number of hydrogen-bond donors (Lipinski definition) is 0. The van der Waals surface area contributed by atoms with Crippen molar-refractivity contribution in [2.45, 2.75) is 0 Å². The number of nitrogens with zero attached hydrogens (tertiary/aromatic N) is 3. The van der Waals surface area contributed by atoms with Gasteiger partial charge in [-0.2, -0.15) is 0 Å². The Balaban J connectivity index is 2.00. The molecule has 0 N–H and O–H groups in total. The molecule has 1 aliphatic rings. The lowest BCUT2D eigenvalue weighted by atomic mass is 10.1. The van der Waals surface area contributed by atoms with Crippen molar-refractivity contribution in [3.05, 3.63) is 64.8 Å². The summed E-state index contributed by atoms with van der Waals surface area (Å²) in [5.74, 6) is 1.11. The van der Waals surface area contributed by atoms with E-state index in [1.165, 1.54) is 11.8 Å². The second-order valence-corrected chi connectivity index (χ2v) is 7.00. The molecule has 6 nitrogen and oxygen atoms in total. The molecule has 0 aliphatic carbocycles. The van der Waals surface area contributed by atoms with Gasteiger partial charge in [0, 0.05) is 24.4 Å². The van der Waals surface area contributed by atoms with Crippen molar-refractivity contribution in [1.82, 2.24) is 9.88 Å². The number of amidine groups is 1.